The first-order valence-corrected chi connectivity index (χ1v) is 15.5. The first-order chi connectivity index (χ1) is 18.8. The van der Waals surface area contributed by atoms with Gasteiger partial charge in [-0.3, -0.25) is 9.52 Å². The number of aromatic nitrogens is 2. The van der Waals surface area contributed by atoms with Crippen LogP contribution in [0, 0.1) is 5.92 Å². The second-order valence-corrected chi connectivity index (χ2v) is 13.6. The maximum absolute atomic E-state index is 13.6. The number of hydrogen-bond donors (Lipinski definition) is 2. The number of carbonyl (C=O) groups excluding carboxylic acids is 1. The third-order valence-corrected chi connectivity index (χ3v) is 9.87. The van der Waals surface area contributed by atoms with Crippen molar-refractivity contribution in [3.05, 3.63) is 66.6 Å². The highest BCUT2D eigenvalue weighted by atomic mass is 32.2. The lowest BCUT2D eigenvalue weighted by Crippen LogP contribution is -2.50. The molecule has 2 N–H and O–H groups in total. The molecule has 0 unspecified atom stereocenters. The Kier molecular flexibility index (Phi) is 8.54. The van der Waals surface area contributed by atoms with E-state index in [9.17, 15) is 26.7 Å². The summed E-state index contributed by atoms with van der Waals surface area (Å²) in [5.74, 6) is -0.608. The normalized spacial score (nSPS) is 18.9. The van der Waals surface area contributed by atoms with Crippen LogP contribution in [0.2, 0.25) is 0 Å². The molecule has 1 amide bonds. The van der Waals surface area contributed by atoms with Crippen molar-refractivity contribution in [2.45, 2.75) is 35.9 Å². The summed E-state index contributed by atoms with van der Waals surface area (Å²) in [5, 5.41) is 9.77. The lowest BCUT2D eigenvalue weighted by atomic mass is 9.99. The number of aliphatic hydroxyl groups is 1. The van der Waals surface area contributed by atoms with Gasteiger partial charge >= 0.3 is 0 Å². The van der Waals surface area contributed by atoms with E-state index < -0.39 is 38.1 Å². The van der Waals surface area contributed by atoms with Crippen molar-refractivity contribution in [2.75, 3.05) is 31.5 Å². The summed E-state index contributed by atoms with van der Waals surface area (Å²) in [6, 6.07) is 11.6. The maximum Gasteiger partial charge on any atom is 0.261 e. The van der Waals surface area contributed by atoms with Gasteiger partial charge in [0.2, 0.25) is 0 Å². The van der Waals surface area contributed by atoms with Gasteiger partial charge in [-0.15, -0.1) is 0 Å². The summed E-state index contributed by atoms with van der Waals surface area (Å²) in [5.41, 5.74) is 0.233. The van der Waals surface area contributed by atoms with Crippen molar-refractivity contribution in [1.29, 1.82) is 0 Å². The fourth-order valence-electron chi connectivity index (χ4n) is 4.35. The minimum atomic E-state index is -3.92. The second kappa shape index (κ2) is 11.6. The maximum atomic E-state index is 13.6. The molecular weight excluding hydrogens is 558 g/mol. The second-order valence-electron chi connectivity index (χ2n) is 9.92. The van der Waals surface area contributed by atoms with Crippen LogP contribution in [0.3, 0.4) is 0 Å². The number of anilines is 1. The molecule has 1 aliphatic heterocycles. The van der Waals surface area contributed by atoms with Crippen molar-refractivity contribution in [3.8, 4) is 5.75 Å². The molecule has 0 spiro atoms. The number of benzene rings is 2. The number of aliphatic hydroxyl groups excluding tert-OH is 1. The predicted molar refractivity (Wildman–Crippen MR) is 148 cm³/mol. The van der Waals surface area contributed by atoms with Crippen LogP contribution in [0.15, 0.2) is 71.0 Å². The Morgan fingerprint density at radius 3 is 2.50 bits per heavy atom. The van der Waals surface area contributed by atoms with Gasteiger partial charge in [-0.1, -0.05) is 25.1 Å². The summed E-state index contributed by atoms with van der Waals surface area (Å²) in [6.45, 7) is 3.36. The highest BCUT2D eigenvalue weighted by Gasteiger charge is 2.36. The fraction of sp³-hybridized carbons (Fsp3) is 0.385. The summed E-state index contributed by atoms with van der Waals surface area (Å²) < 4.78 is 63.4. The highest BCUT2D eigenvalue weighted by molar-refractivity contribution is 7.92. The van der Waals surface area contributed by atoms with Crippen molar-refractivity contribution in [3.63, 3.8) is 0 Å². The number of rotatable bonds is 9. The molecule has 1 aliphatic rings. The molecule has 2 heterocycles. The molecule has 0 fully saturated rings. The summed E-state index contributed by atoms with van der Waals surface area (Å²) in [4.78, 5) is 19.2. The van der Waals surface area contributed by atoms with Crippen LogP contribution in [-0.4, -0.2) is 85.5 Å². The van der Waals surface area contributed by atoms with Crippen molar-refractivity contribution >= 4 is 31.6 Å². The number of aryl methyl sites for hydroxylation is 1. The van der Waals surface area contributed by atoms with Gasteiger partial charge in [0.1, 0.15) is 11.9 Å². The minimum Gasteiger partial charge on any atom is -0.488 e. The smallest absolute Gasteiger partial charge is 0.261 e. The van der Waals surface area contributed by atoms with Crippen molar-refractivity contribution in [1.82, 2.24) is 18.8 Å². The Balaban J connectivity index is 1.68. The van der Waals surface area contributed by atoms with E-state index in [1.165, 1.54) is 59.4 Å². The third kappa shape index (κ3) is 6.14. The van der Waals surface area contributed by atoms with Crippen LogP contribution in [0.25, 0.3) is 0 Å². The van der Waals surface area contributed by atoms with Crippen LogP contribution >= 0.6 is 0 Å². The number of sulfonamides is 2. The number of carbonyl (C=O) groups is 1. The molecule has 0 aliphatic carbocycles. The monoisotopic (exact) mass is 591 g/mol. The Bertz CT molecular complexity index is 1580. The zero-order chi connectivity index (χ0) is 29.2. The fourth-order valence-corrected chi connectivity index (χ4v) is 6.56. The van der Waals surface area contributed by atoms with Crippen LogP contribution in [0.1, 0.15) is 24.2 Å². The van der Waals surface area contributed by atoms with Gasteiger partial charge in [0, 0.05) is 38.4 Å². The van der Waals surface area contributed by atoms with Gasteiger partial charge in [-0.05, 0) is 37.3 Å². The SMILES string of the molecule is C[C@H](CO)N1C[C@H](C)[C@H](CN(C)S(=O)(=O)c2cn(C)cn2)Oc2ccc(NS(=O)(=O)c3ccccc3)cc2C1=O. The van der Waals surface area contributed by atoms with Crippen LogP contribution in [0.5, 0.6) is 5.75 Å². The van der Waals surface area contributed by atoms with Gasteiger partial charge in [0.15, 0.2) is 5.03 Å². The molecule has 3 atom stereocenters. The minimum absolute atomic E-state index is 0.0442. The first kappa shape index (κ1) is 29.5. The third-order valence-electron chi connectivity index (χ3n) is 6.76. The molecule has 12 nitrogen and oxygen atoms in total. The number of nitrogens with zero attached hydrogens (tertiary/aromatic N) is 4. The van der Waals surface area contributed by atoms with Crippen LogP contribution in [0.4, 0.5) is 5.69 Å². The van der Waals surface area contributed by atoms with Gasteiger partial charge in [-0.25, -0.2) is 21.8 Å². The zero-order valence-corrected chi connectivity index (χ0v) is 24.3. The average molecular weight is 592 g/mol. The molecule has 1 aromatic heterocycles. The molecule has 0 saturated heterocycles. The first-order valence-electron chi connectivity index (χ1n) is 12.6. The van der Waals surface area contributed by atoms with Gasteiger partial charge < -0.3 is 19.3 Å². The molecule has 0 saturated carbocycles. The molecule has 216 valence electrons. The molecule has 3 aromatic rings. The lowest BCUT2D eigenvalue weighted by Gasteiger charge is -2.38. The largest absolute Gasteiger partial charge is 0.488 e. The number of amides is 1. The Morgan fingerprint density at radius 1 is 1.18 bits per heavy atom. The zero-order valence-electron chi connectivity index (χ0n) is 22.6. The Hall–Kier alpha value is -3.46. The number of hydrogen-bond acceptors (Lipinski definition) is 8. The van der Waals surface area contributed by atoms with Gasteiger partial charge in [0.05, 0.1) is 36.0 Å². The topological polar surface area (TPSA) is 151 Å². The Labute approximate surface area is 234 Å². The molecular formula is C26H33N5O7S2. The van der Waals surface area contributed by atoms with Gasteiger partial charge in [0.25, 0.3) is 26.0 Å². The number of ether oxygens (including phenoxy) is 1. The molecule has 4 rings (SSSR count). The van der Waals surface area contributed by atoms with E-state index in [2.05, 4.69) is 9.71 Å². The molecule has 0 bridgehead atoms. The average Bonchev–Trinajstić information content (AvgIpc) is 3.38. The number of imidazole rings is 1. The molecule has 2 aromatic carbocycles. The van der Waals surface area contributed by atoms with E-state index >= 15 is 0 Å². The summed E-state index contributed by atoms with van der Waals surface area (Å²) >= 11 is 0. The molecule has 14 heteroatoms. The van der Waals surface area contributed by atoms with Crippen LogP contribution in [-0.2, 0) is 27.1 Å². The van der Waals surface area contributed by atoms with E-state index in [1.54, 1.807) is 32.2 Å². The Morgan fingerprint density at radius 2 is 1.88 bits per heavy atom. The van der Waals surface area contributed by atoms with Gasteiger partial charge in [-0.2, -0.15) is 4.31 Å². The van der Waals surface area contributed by atoms with E-state index in [0.717, 1.165) is 4.31 Å². The van der Waals surface area contributed by atoms with Crippen LogP contribution < -0.4 is 9.46 Å². The van der Waals surface area contributed by atoms with E-state index in [1.807, 2.05) is 6.92 Å². The highest BCUT2D eigenvalue weighted by Crippen LogP contribution is 2.32. The van der Waals surface area contributed by atoms with Crippen molar-refractivity contribution < 1.29 is 31.5 Å². The lowest BCUT2D eigenvalue weighted by molar-refractivity contribution is 0.0387. The predicted octanol–water partition coefficient (Wildman–Crippen LogP) is 1.76. The standard InChI is InChI=1S/C26H33N5O7S2/c1-18-13-31(19(2)16-32)26(33)22-12-20(28-39(34,35)21-8-6-5-7-9-21)10-11-23(22)38-24(18)14-30(4)40(36,37)25-15-29(3)17-27-25/h5-12,15,17-19,24,28,32H,13-14,16H2,1-4H3/t18-,19+,24-/m0/s1. The van der Waals surface area contributed by atoms with E-state index in [0.29, 0.717) is 0 Å². The number of fused-ring (bicyclic) bond motifs is 1. The number of nitrogens with one attached hydrogen (secondary N) is 1. The van der Waals surface area contributed by atoms with E-state index in [-0.39, 0.29) is 52.5 Å². The molecule has 40 heavy (non-hydrogen) atoms. The van der Waals surface area contributed by atoms with Crippen molar-refractivity contribution in [2.24, 2.45) is 13.0 Å². The molecule has 0 radical (unpaired) electrons. The van der Waals surface area contributed by atoms with E-state index in [4.69, 9.17) is 4.74 Å². The quantitative estimate of drug-likeness (QED) is 0.382. The number of likely N-dealkylation sites (N-methyl/N-ethyl adjacent to an activating group) is 1. The summed E-state index contributed by atoms with van der Waals surface area (Å²) in [7, 11) is -4.73. The summed E-state index contributed by atoms with van der Waals surface area (Å²) in [6.07, 6.45) is 2.12.